The Morgan fingerprint density at radius 2 is 1.52 bits per heavy atom. The van der Waals surface area contributed by atoms with Gasteiger partial charge in [-0.3, -0.25) is 0 Å². The molecule has 1 atom stereocenters. The fourth-order valence-corrected chi connectivity index (χ4v) is 3.97. The van der Waals surface area contributed by atoms with Gasteiger partial charge in [-0.2, -0.15) is 0 Å². The van der Waals surface area contributed by atoms with Gasteiger partial charge >= 0.3 is 0 Å². The molecule has 1 aliphatic carbocycles. The summed E-state index contributed by atoms with van der Waals surface area (Å²) in [7, 11) is 0. The smallest absolute Gasteiger partial charge is 0.137 e. The van der Waals surface area contributed by atoms with E-state index >= 15 is 0 Å². The number of hydrogen-bond acceptors (Lipinski definition) is 3. The molecule has 0 saturated heterocycles. The molecule has 2 aromatic carbocycles. The van der Waals surface area contributed by atoms with Gasteiger partial charge in [-0.15, -0.1) is 0 Å². The highest BCUT2D eigenvalue weighted by molar-refractivity contribution is 5.32. The summed E-state index contributed by atoms with van der Waals surface area (Å²) < 4.78 is 2.00. The van der Waals surface area contributed by atoms with Crippen LogP contribution in [0.25, 0.3) is 0 Å². The highest BCUT2D eigenvalue weighted by Crippen LogP contribution is 2.47. The average molecular weight is 362 g/mol. The molecule has 4 rings (SSSR count). The van der Waals surface area contributed by atoms with Gasteiger partial charge in [-0.25, -0.2) is 4.98 Å². The summed E-state index contributed by atoms with van der Waals surface area (Å²) in [5.74, 6) is 1.96. The molecule has 4 heteroatoms. The first-order chi connectivity index (χ1) is 13.1. The van der Waals surface area contributed by atoms with Crippen molar-refractivity contribution in [3.63, 3.8) is 0 Å². The fourth-order valence-electron chi connectivity index (χ4n) is 3.97. The molecule has 2 N–H and O–H groups in total. The lowest BCUT2D eigenvalue weighted by atomic mass is 9.68. The summed E-state index contributed by atoms with van der Waals surface area (Å²) in [6.07, 6.45) is 5.46. The molecule has 1 heterocycles. The molecule has 0 spiro atoms. The van der Waals surface area contributed by atoms with Crippen LogP contribution in [0.5, 0.6) is 0 Å². The predicted molar refractivity (Wildman–Crippen MR) is 105 cm³/mol. The van der Waals surface area contributed by atoms with Crippen molar-refractivity contribution in [1.29, 1.82) is 0 Å². The largest absolute Gasteiger partial charge is 0.392 e. The fraction of sp³-hybridized carbons (Fsp3) is 0.348. The van der Waals surface area contributed by atoms with Crippen LogP contribution in [-0.2, 0) is 13.2 Å². The number of rotatable bonds is 6. The van der Waals surface area contributed by atoms with Crippen molar-refractivity contribution in [1.82, 2.24) is 9.55 Å². The van der Waals surface area contributed by atoms with Gasteiger partial charge in [0.25, 0.3) is 0 Å². The third-order valence-electron chi connectivity index (χ3n) is 5.70. The Hall–Kier alpha value is -2.43. The number of imidazole rings is 1. The maximum absolute atomic E-state index is 9.78. The quantitative estimate of drug-likeness (QED) is 0.693. The molecule has 27 heavy (non-hydrogen) atoms. The molecule has 0 amide bonds. The highest BCUT2D eigenvalue weighted by atomic mass is 16.3. The number of aliphatic hydroxyl groups excluding tert-OH is 2. The molecule has 0 aliphatic heterocycles. The monoisotopic (exact) mass is 362 g/mol. The molecule has 140 valence electrons. The van der Waals surface area contributed by atoms with Gasteiger partial charge in [0.2, 0.25) is 0 Å². The SMILES string of the molecule is CC(O)c1nccn1Cc1ccc([C@H]2C[C@H](c3ccc(CO)cc3)C2)cc1. The van der Waals surface area contributed by atoms with Crippen LogP contribution in [0.4, 0.5) is 0 Å². The zero-order valence-electron chi connectivity index (χ0n) is 15.6. The first kappa shape index (κ1) is 18.0. The van der Waals surface area contributed by atoms with Crippen LogP contribution in [-0.4, -0.2) is 19.8 Å². The average Bonchev–Trinajstić information content (AvgIpc) is 3.11. The molecule has 0 radical (unpaired) electrons. The van der Waals surface area contributed by atoms with E-state index in [0.29, 0.717) is 17.7 Å². The Morgan fingerprint density at radius 3 is 2.04 bits per heavy atom. The molecule has 1 aliphatic rings. The van der Waals surface area contributed by atoms with E-state index in [0.717, 1.165) is 12.1 Å². The summed E-state index contributed by atoms with van der Waals surface area (Å²) in [5, 5.41) is 18.9. The second kappa shape index (κ2) is 7.67. The maximum atomic E-state index is 9.78. The molecular formula is C23H26N2O2. The molecule has 4 nitrogen and oxygen atoms in total. The highest BCUT2D eigenvalue weighted by Gasteiger charge is 2.31. The van der Waals surface area contributed by atoms with Crippen LogP contribution in [0.2, 0.25) is 0 Å². The minimum Gasteiger partial charge on any atom is -0.392 e. The molecule has 1 fully saturated rings. The summed E-state index contributed by atoms with van der Waals surface area (Å²) in [6, 6.07) is 17.2. The van der Waals surface area contributed by atoms with E-state index in [-0.39, 0.29) is 6.61 Å². The topological polar surface area (TPSA) is 58.3 Å². The van der Waals surface area contributed by atoms with Gasteiger partial charge in [0.15, 0.2) is 0 Å². The Kier molecular flexibility index (Phi) is 5.10. The van der Waals surface area contributed by atoms with Crippen LogP contribution in [0.1, 0.15) is 65.8 Å². The zero-order chi connectivity index (χ0) is 18.8. The third kappa shape index (κ3) is 3.82. The molecular weight excluding hydrogens is 336 g/mol. The lowest BCUT2D eigenvalue weighted by molar-refractivity contribution is 0.184. The van der Waals surface area contributed by atoms with Crippen LogP contribution in [0.15, 0.2) is 60.9 Å². The Morgan fingerprint density at radius 1 is 0.963 bits per heavy atom. The Balaban J connectivity index is 1.36. The molecule has 1 saturated carbocycles. The van der Waals surface area contributed by atoms with E-state index in [1.807, 2.05) is 22.9 Å². The lowest BCUT2D eigenvalue weighted by Gasteiger charge is -2.36. The van der Waals surface area contributed by atoms with Gasteiger partial charge in [0, 0.05) is 18.9 Å². The predicted octanol–water partition coefficient (Wildman–Crippen LogP) is 4.14. The zero-order valence-corrected chi connectivity index (χ0v) is 15.6. The van der Waals surface area contributed by atoms with Crippen molar-refractivity contribution in [2.75, 3.05) is 0 Å². The number of nitrogens with zero attached hydrogens (tertiary/aromatic N) is 2. The number of aliphatic hydroxyl groups is 2. The lowest BCUT2D eigenvalue weighted by Crippen LogP contribution is -2.20. The normalized spacial score (nSPS) is 20.3. The van der Waals surface area contributed by atoms with Gasteiger partial charge in [0.05, 0.1) is 6.61 Å². The van der Waals surface area contributed by atoms with E-state index in [1.54, 1.807) is 13.1 Å². The molecule has 1 aromatic heterocycles. The van der Waals surface area contributed by atoms with E-state index < -0.39 is 6.10 Å². The number of benzene rings is 2. The van der Waals surface area contributed by atoms with E-state index in [9.17, 15) is 5.11 Å². The van der Waals surface area contributed by atoms with Crippen LogP contribution >= 0.6 is 0 Å². The second-order valence-electron chi connectivity index (χ2n) is 7.60. The standard InChI is InChI=1S/C23H26N2O2/c1-16(27)23-24-10-11-25(23)14-17-2-6-19(7-3-17)21-12-22(13-21)20-8-4-18(15-26)5-9-20/h2-11,16,21-22,26-27H,12-15H2,1H3/t16?,21-,22-. The summed E-state index contributed by atoms with van der Waals surface area (Å²) >= 11 is 0. The van der Waals surface area contributed by atoms with Gasteiger partial charge in [-0.05, 0) is 53.9 Å². The van der Waals surface area contributed by atoms with Crippen LogP contribution in [0, 0.1) is 0 Å². The minimum atomic E-state index is -0.558. The van der Waals surface area contributed by atoms with Crippen molar-refractivity contribution in [2.24, 2.45) is 0 Å². The van der Waals surface area contributed by atoms with Crippen molar-refractivity contribution in [3.05, 3.63) is 89.0 Å². The van der Waals surface area contributed by atoms with Crippen molar-refractivity contribution < 1.29 is 10.2 Å². The van der Waals surface area contributed by atoms with E-state index in [1.165, 1.54) is 29.5 Å². The van der Waals surface area contributed by atoms with E-state index in [4.69, 9.17) is 5.11 Å². The summed E-state index contributed by atoms with van der Waals surface area (Å²) in [6.45, 7) is 2.58. The Bertz CT molecular complexity index is 876. The third-order valence-corrected chi connectivity index (χ3v) is 5.70. The molecule has 1 unspecified atom stereocenters. The first-order valence-corrected chi connectivity index (χ1v) is 9.61. The minimum absolute atomic E-state index is 0.109. The Labute approximate surface area is 160 Å². The summed E-state index contributed by atoms with van der Waals surface area (Å²) in [5.41, 5.74) is 4.98. The van der Waals surface area contributed by atoms with Crippen LogP contribution in [0.3, 0.4) is 0 Å². The van der Waals surface area contributed by atoms with Crippen LogP contribution < -0.4 is 0 Å². The number of aromatic nitrogens is 2. The van der Waals surface area contributed by atoms with E-state index in [2.05, 4.69) is 41.4 Å². The number of hydrogen-bond donors (Lipinski definition) is 2. The molecule has 0 bridgehead atoms. The second-order valence-corrected chi connectivity index (χ2v) is 7.60. The van der Waals surface area contributed by atoms with Gasteiger partial charge in [0.1, 0.15) is 11.9 Å². The van der Waals surface area contributed by atoms with Crippen molar-refractivity contribution in [3.8, 4) is 0 Å². The van der Waals surface area contributed by atoms with Gasteiger partial charge < -0.3 is 14.8 Å². The maximum Gasteiger partial charge on any atom is 0.137 e. The molecule has 3 aromatic rings. The van der Waals surface area contributed by atoms with Gasteiger partial charge in [-0.1, -0.05) is 48.5 Å². The van der Waals surface area contributed by atoms with Crippen molar-refractivity contribution >= 4 is 0 Å². The first-order valence-electron chi connectivity index (χ1n) is 9.61. The van der Waals surface area contributed by atoms with Crippen molar-refractivity contribution in [2.45, 2.75) is 50.9 Å². The summed E-state index contributed by atoms with van der Waals surface area (Å²) in [4.78, 5) is 4.23.